The van der Waals surface area contributed by atoms with Crippen LogP contribution in [0.5, 0.6) is 5.75 Å². The van der Waals surface area contributed by atoms with Crippen molar-refractivity contribution < 1.29 is 14.5 Å². The number of nitrogens with zero attached hydrogens (tertiary/aromatic N) is 1. The van der Waals surface area contributed by atoms with Crippen molar-refractivity contribution >= 4 is 6.29 Å². The molecule has 0 amide bonds. The van der Waals surface area contributed by atoms with E-state index in [1.165, 1.54) is 0 Å². The number of hydrogen-bond donors (Lipinski definition) is 0. The molecule has 3 aromatic carbocycles. The molecule has 0 bridgehead atoms. The molecule has 5 atom stereocenters. The molecule has 0 radical (unpaired) electrons. The highest BCUT2D eigenvalue weighted by Gasteiger charge is 2.54. The third-order valence-electron chi connectivity index (χ3n) is 6.97. The summed E-state index contributed by atoms with van der Waals surface area (Å²) in [6, 6.07) is 22.3. The third kappa shape index (κ3) is 3.63. The minimum absolute atomic E-state index is 0.201. The van der Waals surface area contributed by atoms with E-state index in [0.717, 1.165) is 34.1 Å². The Bertz CT molecular complexity index is 1230. The SMILES string of the molecule is Cc1ccc([C@H]2Oc3ccccc3[C@@H]3[C@@H]2C=C(C=O)[C@@H](c2ccc(C)cc2)[C@@H]3[N+](=O)[O-])cc1. The van der Waals surface area contributed by atoms with E-state index in [1.807, 2.05) is 92.7 Å². The number of aldehydes is 1. The molecule has 0 saturated carbocycles. The molecule has 1 aliphatic heterocycles. The third-order valence-corrected chi connectivity index (χ3v) is 6.97. The Morgan fingerprint density at radius 3 is 2.09 bits per heavy atom. The highest BCUT2D eigenvalue weighted by Crippen LogP contribution is 2.55. The van der Waals surface area contributed by atoms with E-state index in [1.54, 1.807) is 0 Å². The van der Waals surface area contributed by atoms with Gasteiger partial charge in [0.05, 0.1) is 11.8 Å². The number of aryl methyl sites for hydroxylation is 2. The Hall–Kier alpha value is -3.73. The highest BCUT2D eigenvalue weighted by molar-refractivity contribution is 5.77. The summed E-state index contributed by atoms with van der Waals surface area (Å²) in [4.78, 5) is 24.7. The van der Waals surface area contributed by atoms with Gasteiger partial charge in [0.15, 0.2) is 0 Å². The van der Waals surface area contributed by atoms with E-state index < -0.39 is 24.0 Å². The Balaban J connectivity index is 1.73. The van der Waals surface area contributed by atoms with Crippen molar-refractivity contribution in [2.75, 3.05) is 0 Å². The minimum atomic E-state index is -0.985. The number of fused-ring (bicyclic) bond motifs is 3. The van der Waals surface area contributed by atoms with Crippen molar-refractivity contribution in [1.82, 2.24) is 0 Å². The van der Waals surface area contributed by atoms with Gasteiger partial charge in [-0.3, -0.25) is 14.9 Å². The van der Waals surface area contributed by atoms with Crippen LogP contribution in [0.2, 0.25) is 0 Å². The maximum Gasteiger partial charge on any atom is 0.231 e. The van der Waals surface area contributed by atoms with Crippen molar-refractivity contribution in [1.29, 1.82) is 0 Å². The van der Waals surface area contributed by atoms with Crippen LogP contribution in [0, 0.1) is 29.9 Å². The number of benzene rings is 3. The average Bonchev–Trinajstić information content (AvgIpc) is 2.83. The van der Waals surface area contributed by atoms with Gasteiger partial charge in [0.25, 0.3) is 0 Å². The van der Waals surface area contributed by atoms with Crippen molar-refractivity contribution in [2.24, 2.45) is 5.92 Å². The molecule has 1 heterocycles. The summed E-state index contributed by atoms with van der Waals surface area (Å²) >= 11 is 0. The number of para-hydroxylation sites is 1. The van der Waals surface area contributed by atoms with E-state index in [2.05, 4.69) is 0 Å². The molecule has 166 valence electrons. The lowest BCUT2D eigenvalue weighted by molar-refractivity contribution is -0.532. The minimum Gasteiger partial charge on any atom is -0.485 e. The summed E-state index contributed by atoms with van der Waals surface area (Å²) in [6.07, 6.45) is 2.29. The zero-order valence-electron chi connectivity index (χ0n) is 18.5. The van der Waals surface area contributed by atoms with Gasteiger partial charge in [0.1, 0.15) is 18.1 Å². The second-order valence-electron chi connectivity index (χ2n) is 9.04. The van der Waals surface area contributed by atoms with E-state index in [0.29, 0.717) is 11.3 Å². The van der Waals surface area contributed by atoms with Gasteiger partial charge in [0.2, 0.25) is 6.04 Å². The fourth-order valence-electron chi connectivity index (χ4n) is 5.38. The van der Waals surface area contributed by atoms with Crippen molar-refractivity contribution in [3.05, 3.63) is 122 Å². The molecule has 1 aliphatic carbocycles. The number of carbonyl (C=O) groups excluding carboxylic acids is 1. The zero-order valence-corrected chi connectivity index (χ0v) is 18.5. The molecule has 5 rings (SSSR count). The molecule has 0 aromatic heterocycles. The van der Waals surface area contributed by atoms with Crippen LogP contribution in [0.15, 0.2) is 84.4 Å². The molecular weight excluding hydrogens is 414 g/mol. The molecule has 5 heteroatoms. The van der Waals surface area contributed by atoms with Gasteiger partial charge in [-0.05, 0) is 31.0 Å². The first kappa shape index (κ1) is 21.1. The molecule has 0 fully saturated rings. The standard InChI is InChI=1S/C28H25NO4/c1-17-7-11-19(12-8-17)25-21(16-30)15-23-26(27(25)29(31)32)22-5-3-4-6-24(22)33-28(23)20-13-9-18(2)10-14-20/h3-16,23,25-28H,1-2H3/t23-,25+,26+,27-,28+/m0/s1. The van der Waals surface area contributed by atoms with Gasteiger partial charge in [-0.15, -0.1) is 0 Å². The number of carbonyl (C=O) groups is 1. The van der Waals surface area contributed by atoms with Crippen LogP contribution in [0.3, 0.4) is 0 Å². The molecule has 2 aliphatic rings. The Morgan fingerprint density at radius 1 is 0.879 bits per heavy atom. The van der Waals surface area contributed by atoms with Crippen molar-refractivity contribution in [2.45, 2.75) is 37.8 Å². The van der Waals surface area contributed by atoms with E-state index in [4.69, 9.17) is 4.74 Å². The number of ether oxygens (including phenoxy) is 1. The van der Waals surface area contributed by atoms with Crippen LogP contribution in [0.4, 0.5) is 0 Å². The maximum absolute atomic E-state index is 12.6. The lowest BCUT2D eigenvalue weighted by atomic mass is 9.63. The highest BCUT2D eigenvalue weighted by atomic mass is 16.6. The molecule has 0 spiro atoms. The van der Waals surface area contributed by atoms with Gasteiger partial charge < -0.3 is 4.74 Å². The Labute approximate surface area is 192 Å². The summed E-state index contributed by atoms with van der Waals surface area (Å²) in [5, 5.41) is 12.6. The predicted octanol–water partition coefficient (Wildman–Crippen LogP) is 5.70. The van der Waals surface area contributed by atoms with E-state index in [-0.39, 0.29) is 10.8 Å². The topological polar surface area (TPSA) is 69.4 Å². The van der Waals surface area contributed by atoms with Crippen LogP contribution in [-0.2, 0) is 4.79 Å². The Morgan fingerprint density at radius 2 is 1.48 bits per heavy atom. The second-order valence-corrected chi connectivity index (χ2v) is 9.04. The molecule has 33 heavy (non-hydrogen) atoms. The van der Waals surface area contributed by atoms with Gasteiger partial charge in [-0.25, -0.2) is 0 Å². The molecule has 0 N–H and O–H groups in total. The Kier molecular flexibility index (Phi) is 5.33. The number of nitro groups is 1. The first-order chi connectivity index (χ1) is 16.0. The molecule has 0 saturated heterocycles. The molecule has 5 nitrogen and oxygen atoms in total. The van der Waals surface area contributed by atoms with E-state index >= 15 is 0 Å². The number of rotatable bonds is 4. The molecular formula is C28H25NO4. The summed E-state index contributed by atoms with van der Waals surface area (Å²) in [6.45, 7) is 3.99. The second kappa shape index (κ2) is 8.32. The smallest absolute Gasteiger partial charge is 0.231 e. The quantitative estimate of drug-likeness (QED) is 0.297. The first-order valence-corrected chi connectivity index (χ1v) is 11.2. The van der Waals surface area contributed by atoms with Crippen LogP contribution >= 0.6 is 0 Å². The largest absolute Gasteiger partial charge is 0.485 e. The fourth-order valence-corrected chi connectivity index (χ4v) is 5.38. The van der Waals surface area contributed by atoms with Gasteiger partial charge in [-0.2, -0.15) is 0 Å². The van der Waals surface area contributed by atoms with Gasteiger partial charge in [0, 0.05) is 22.0 Å². The summed E-state index contributed by atoms with van der Waals surface area (Å²) in [5.41, 5.74) is 5.20. The average molecular weight is 440 g/mol. The predicted molar refractivity (Wildman–Crippen MR) is 126 cm³/mol. The van der Waals surface area contributed by atoms with Gasteiger partial charge in [-0.1, -0.05) is 83.9 Å². The zero-order chi connectivity index (χ0) is 23.1. The molecule has 3 aromatic rings. The van der Waals surface area contributed by atoms with Crippen LogP contribution < -0.4 is 4.74 Å². The van der Waals surface area contributed by atoms with Crippen LogP contribution in [-0.4, -0.2) is 17.3 Å². The lowest BCUT2D eigenvalue weighted by Crippen LogP contribution is -2.45. The van der Waals surface area contributed by atoms with Crippen molar-refractivity contribution in [3.63, 3.8) is 0 Å². The molecule has 0 unspecified atom stereocenters. The van der Waals surface area contributed by atoms with E-state index in [9.17, 15) is 14.9 Å². The van der Waals surface area contributed by atoms with Gasteiger partial charge >= 0.3 is 0 Å². The fraction of sp³-hybridized carbons (Fsp3) is 0.250. The summed E-state index contributed by atoms with van der Waals surface area (Å²) < 4.78 is 6.42. The normalized spacial score (nSPS) is 25.8. The monoisotopic (exact) mass is 439 g/mol. The summed E-state index contributed by atoms with van der Waals surface area (Å²) in [7, 11) is 0. The number of hydrogen-bond acceptors (Lipinski definition) is 4. The first-order valence-electron chi connectivity index (χ1n) is 11.2. The lowest BCUT2D eigenvalue weighted by Gasteiger charge is -2.44. The summed E-state index contributed by atoms with van der Waals surface area (Å²) in [5.74, 6) is -0.711. The van der Waals surface area contributed by atoms with Crippen LogP contribution in [0.25, 0.3) is 0 Å². The van der Waals surface area contributed by atoms with Crippen LogP contribution in [0.1, 0.15) is 45.8 Å². The maximum atomic E-state index is 12.6. The van der Waals surface area contributed by atoms with Crippen molar-refractivity contribution in [3.8, 4) is 5.75 Å².